The van der Waals surface area contributed by atoms with E-state index in [4.69, 9.17) is 9.47 Å². The topological polar surface area (TPSA) is 56.6 Å². The molecule has 1 aromatic carbocycles. The minimum absolute atomic E-state index is 0.115. The predicted molar refractivity (Wildman–Crippen MR) is 83.7 cm³/mol. The molecule has 0 aliphatic carbocycles. The van der Waals surface area contributed by atoms with Crippen molar-refractivity contribution in [3.63, 3.8) is 0 Å². The molecule has 1 aliphatic rings. The fourth-order valence-electron chi connectivity index (χ4n) is 2.85. The first-order valence-electron chi connectivity index (χ1n) is 8.00. The summed E-state index contributed by atoms with van der Waals surface area (Å²) in [4.78, 5) is 17.5. The van der Waals surface area contributed by atoms with E-state index in [2.05, 4.69) is 4.98 Å². The Hall–Kier alpha value is -2.45. The number of benzene rings is 1. The van der Waals surface area contributed by atoms with Crippen molar-refractivity contribution in [3.05, 3.63) is 18.0 Å². The molecule has 0 N–H and O–H groups in total. The number of carbonyl (C=O) groups is 1. The quantitative estimate of drug-likeness (QED) is 0.844. The van der Waals surface area contributed by atoms with E-state index in [1.165, 1.54) is 17.0 Å². The Bertz CT molecular complexity index is 797. The molecule has 6 nitrogen and oxygen atoms in total. The number of amides is 1. The van der Waals surface area contributed by atoms with E-state index >= 15 is 0 Å². The van der Waals surface area contributed by atoms with Crippen molar-refractivity contribution in [1.29, 1.82) is 0 Å². The van der Waals surface area contributed by atoms with Gasteiger partial charge in [0.25, 0.3) is 0 Å². The molecule has 0 radical (unpaired) electrons. The summed E-state index contributed by atoms with van der Waals surface area (Å²) in [6, 6.07) is 2.86. The summed E-state index contributed by atoms with van der Waals surface area (Å²) in [5, 5.41) is 0. The highest BCUT2D eigenvalue weighted by Crippen LogP contribution is 2.38. The van der Waals surface area contributed by atoms with Crippen molar-refractivity contribution in [1.82, 2.24) is 14.5 Å². The molecule has 0 saturated carbocycles. The average molecular weight is 357 g/mol. The lowest BCUT2D eigenvalue weighted by Gasteiger charge is -2.21. The maximum atomic E-state index is 13.4. The lowest BCUT2D eigenvalue weighted by atomic mass is 10.2. The summed E-state index contributed by atoms with van der Waals surface area (Å²) in [5.74, 6) is -0.800. The van der Waals surface area contributed by atoms with E-state index in [0.29, 0.717) is 37.8 Å². The summed E-state index contributed by atoms with van der Waals surface area (Å²) in [5.41, 5.74) is 0.306. The number of aromatic nitrogens is 2. The molecule has 0 saturated heterocycles. The van der Waals surface area contributed by atoms with E-state index in [1.807, 2.05) is 0 Å². The number of ether oxygens (including phenoxy) is 2. The largest absolute Gasteiger partial charge is 0.486 e. The minimum atomic E-state index is -4.68. The SMILES string of the molecule is CCN(CC)C(=O)Cn1c(C(F)(F)F)nc2cc3c(cc21)OCCO3. The Morgan fingerprint density at radius 1 is 1.20 bits per heavy atom. The summed E-state index contributed by atoms with van der Waals surface area (Å²) in [6.07, 6.45) is -4.68. The number of halogens is 3. The number of nitrogens with zero attached hydrogens (tertiary/aromatic N) is 3. The second kappa shape index (κ2) is 6.45. The van der Waals surface area contributed by atoms with Crippen LogP contribution in [0.2, 0.25) is 0 Å². The van der Waals surface area contributed by atoms with Gasteiger partial charge in [-0.1, -0.05) is 0 Å². The number of hydrogen-bond donors (Lipinski definition) is 0. The lowest BCUT2D eigenvalue weighted by Crippen LogP contribution is -2.34. The van der Waals surface area contributed by atoms with Crippen LogP contribution in [-0.2, 0) is 17.5 Å². The van der Waals surface area contributed by atoms with E-state index in [0.717, 1.165) is 4.57 Å². The van der Waals surface area contributed by atoms with Gasteiger partial charge in [-0.05, 0) is 13.8 Å². The summed E-state index contributed by atoms with van der Waals surface area (Å²) in [7, 11) is 0. The van der Waals surface area contributed by atoms with Crippen LogP contribution in [0.4, 0.5) is 13.2 Å². The molecular weight excluding hydrogens is 339 g/mol. The zero-order valence-electron chi connectivity index (χ0n) is 13.9. The van der Waals surface area contributed by atoms with Crippen LogP contribution in [0.15, 0.2) is 12.1 Å². The van der Waals surface area contributed by atoms with Crippen molar-refractivity contribution in [2.75, 3.05) is 26.3 Å². The van der Waals surface area contributed by atoms with Crippen LogP contribution in [0.1, 0.15) is 19.7 Å². The first kappa shape index (κ1) is 17.4. The van der Waals surface area contributed by atoms with Gasteiger partial charge < -0.3 is 18.9 Å². The monoisotopic (exact) mass is 357 g/mol. The standard InChI is InChI=1S/C16H18F3N3O3/c1-3-21(4-2)14(23)9-22-11-8-13-12(24-5-6-25-13)7-10(11)20-15(22)16(17,18)19/h7-8H,3-6,9H2,1-2H3. The van der Waals surface area contributed by atoms with Crippen LogP contribution < -0.4 is 9.47 Å². The Labute approximate surface area is 142 Å². The van der Waals surface area contributed by atoms with Crippen molar-refractivity contribution >= 4 is 16.9 Å². The highest BCUT2D eigenvalue weighted by atomic mass is 19.4. The zero-order valence-corrected chi connectivity index (χ0v) is 13.9. The van der Waals surface area contributed by atoms with Gasteiger partial charge in [0.2, 0.25) is 11.7 Å². The maximum Gasteiger partial charge on any atom is 0.449 e. The number of fused-ring (bicyclic) bond motifs is 2. The number of imidazole rings is 1. The van der Waals surface area contributed by atoms with Gasteiger partial charge >= 0.3 is 6.18 Å². The molecule has 25 heavy (non-hydrogen) atoms. The third kappa shape index (κ3) is 3.22. The smallest absolute Gasteiger partial charge is 0.449 e. The van der Waals surface area contributed by atoms with Crippen LogP contribution in [0.5, 0.6) is 11.5 Å². The second-order valence-corrected chi connectivity index (χ2v) is 5.57. The Balaban J connectivity index is 2.11. The number of carbonyl (C=O) groups excluding carboxylic acids is 1. The zero-order chi connectivity index (χ0) is 18.2. The first-order valence-corrected chi connectivity index (χ1v) is 8.00. The highest BCUT2D eigenvalue weighted by molar-refractivity contribution is 5.84. The highest BCUT2D eigenvalue weighted by Gasteiger charge is 2.38. The molecule has 0 fully saturated rings. The van der Waals surface area contributed by atoms with Gasteiger partial charge in [0, 0.05) is 25.2 Å². The van der Waals surface area contributed by atoms with E-state index in [9.17, 15) is 18.0 Å². The molecular formula is C16H18F3N3O3. The Kier molecular flexibility index (Phi) is 4.49. The third-order valence-corrected chi connectivity index (χ3v) is 4.08. The van der Waals surface area contributed by atoms with E-state index < -0.39 is 24.5 Å². The Morgan fingerprint density at radius 2 is 1.80 bits per heavy atom. The van der Waals surface area contributed by atoms with E-state index in [1.54, 1.807) is 13.8 Å². The maximum absolute atomic E-state index is 13.4. The average Bonchev–Trinajstić information content (AvgIpc) is 2.92. The van der Waals surface area contributed by atoms with Crippen LogP contribution in [0.25, 0.3) is 11.0 Å². The summed E-state index contributed by atoms with van der Waals surface area (Å²) >= 11 is 0. The summed E-state index contributed by atoms with van der Waals surface area (Å²) in [6.45, 7) is 4.61. The Morgan fingerprint density at radius 3 is 2.36 bits per heavy atom. The third-order valence-electron chi connectivity index (χ3n) is 4.08. The lowest BCUT2D eigenvalue weighted by molar-refractivity contribution is -0.148. The van der Waals surface area contributed by atoms with Gasteiger partial charge in [-0.2, -0.15) is 13.2 Å². The van der Waals surface area contributed by atoms with Gasteiger partial charge in [-0.25, -0.2) is 4.98 Å². The second-order valence-electron chi connectivity index (χ2n) is 5.57. The molecule has 0 spiro atoms. The van der Waals surface area contributed by atoms with Crippen molar-refractivity contribution in [2.24, 2.45) is 0 Å². The molecule has 2 aromatic rings. The predicted octanol–water partition coefficient (Wildman–Crippen LogP) is 2.69. The van der Waals surface area contributed by atoms with Gasteiger partial charge in [-0.15, -0.1) is 0 Å². The fourth-order valence-corrected chi connectivity index (χ4v) is 2.85. The molecule has 1 aliphatic heterocycles. The molecule has 0 unspecified atom stereocenters. The molecule has 1 amide bonds. The molecule has 9 heteroatoms. The number of rotatable bonds is 4. The molecule has 1 aromatic heterocycles. The van der Waals surface area contributed by atoms with E-state index in [-0.39, 0.29) is 11.0 Å². The first-order chi connectivity index (χ1) is 11.8. The number of likely N-dealkylation sites (N-methyl/N-ethyl adjacent to an activating group) is 1. The van der Waals surface area contributed by atoms with Gasteiger partial charge in [0.05, 0.1) is 11.0 Å². The van der Waals surface area contributed by atoms with Crippen LogP contribution in [-0.4, -0.2) is 46.7 Å². The van der Waals surface area contributed by atoms with Gasteiger partial charge in [0.1, 0.15) is 19.8 Å². The van der Waals surface area contributed by atoms with Crippen LogP contribution >= 0.6 is 0 Å². The van der Waals surface area contributed by atoms with Gasteiger partial charge in [-0.3, -0.25) is 4.79 Å². The molecule has 0 bridgehead atoms. The van der Waals surface area contributed by atoms with Gasteiger partial charge in [0.15, 0.2) is 11.5 Å². The summed E-state index contributed by atoms with van der Waals surface area (Å²) < 4.78 is 51.9. The number of alkyl halides is 3. The molecule has 2 heterocycles. The van der Waals surface area contributed by atoms with Crippen molar-refractivity contribution in [2.45, 2.75) is 26.6 Å². The normalized spacial score (nSPS) is 14.0. The molecule has 3 rings (SSSR count). The van der Waals surface area contributed by atoms with Crippen molar-refractivity contribution in [3.8, 4) is 11.5 Å². The van der Waals surface area contributed by atoms with Crippen LogP contribution in [0, 0.1) is 0 Å². The number of hydrogen-bond acceptors (Lipinski definition) is 4. The molecule has 0 atom stereocenters. The molecule has 136 valence electrons. The fraction of sp³-hybridized carbons (Fsp3) is 0.500. The van der Waals surface area contributed by atoms with Crippen molar-refractivity contribution < 1.29 is 27.4 Å². The minimum Gasteiger partial charge on any atom is -0.486 e. The van der Waals surface area contributed by atoms with Crippen LogP contribution in [0.3, 0.4) is 0 Å².